The van der Waals surface area contributed by atoms with E-state index in [1.807, 2.05) is 0 Å². The van der Waals surface area contributed by atoms with Crippen LogP contribution in [-0.4, -0.2) is 0 Å². The van der Waals surface area contributed by atoms with Crippen LogP contribution >= 0.6 is 0 Å². The molecule has 0 aliphatic heterocycles. The minimum Gasteiger partial charge on any atom is -0.309 e. The molecular weight excluding hydrogens is 795 g/mol. The summed E-state index contributed by atoms with van der Waals surface area (Å²) >= 11 is 0. The molecule has 0 spiro atoms. The monoisotopic (exact) mass is 847 g/mol. The summed E-state index contributed by atoms with van der Waals surface area (Å²) in [5.74, 6) is 0. The van der Waals surface area contributed by atoms with Crippen molar-refractivity contribution in [2.75, 3.05) is 4.90 Å². The molecule has 318 valence electrons. The van der Waals surface area contributed by atoms with Crippen LogP contribution in [0.5, 0.6) is 0 Å². The first-order valence-electron chi connectivity index (χ1n) is 23.2. The van der Waals surface area contributed by atoms with E-state index in [-0.39, 0.29) is 10.8 Å². The second-order valence-corrected chi connectivity index (χ2v) is 19.4. The third-order valence-electron chi connectivity index (χ3n) is 13.9. The molecule has 66 heavy (non-hydrogen) atoms. The van der Waals surface area contributed by atoms with Crippen molar-refractivity contribution in [1.82, 2.24) is 0 Å². The van der Waals surface area contributed by atoms with Crippen molar-refractivity contribution in [2.45, 2.75) is 45.4 Å². The molecule has 0 N–H and O–H groups in total. The molecule has 0 bridgehead atoms. The maximum absolute atomic E-state index is 2.53. The van der Waals surface area contributed by atoms with E-state index in [2.05, 4.69) is 270 Å². The van der Waals surface area contributed by atoms with Crippen molar-refractivity contribution in [3.8, 4) is 66.8 Å². The van der Waals surface area contributed by atoms with Crippen molar-refractivity contribution >= 4 is 27.8 Å². The minimum atomic E-state index is -0.105. The van der Waals surface area contributed by atoms with Crippen molar-refractivity contribution in [3.63, 3.8) is 0 Å². The zero-order valence-electron chi connectivity index (χ0n) is 38.4. The Balaban J connectivity index is 1.12. The molecule has 0 atom stereocenters. The molecule has 0 aromatic heterocycles. The van der Waals surface area contributed by atoms with Crippen LogP contribution in [0, 0.1) is 0 Å². The van der Waals surface area contributed by atoms with Crippen LogP contribution in [0.15, 0.2) is 231 Å². The first-order chi connectivity index (χ1) is 32.1. The van der Waals surface area contributed by atoms with E-state index in [1.165, 1.54) is 83.1 Å². The summed E-state index contributed by atoms with van der Waals surface area (Å²) in [7, 11) is 0. The Morgan fingerprint density at radius 1 is 0.348 bits per heavy atom. The summed E-state index contributed by atoms with van der Waals surface area (Å²) in [6, 6.07) is 85.4. The lowest BCUT2D eigenvalue weighted by atomic mass is 9.82. The number of hydrogen-bond acceptors (Lipinski definition) is 1. The van der Waals surface area contributed by atoms with Gasteiger partial charge in [0.25, 0.3) is 0 Å². The molecule has 0 saturated carbocycles. The Hall–Kier alpha value is -7.74. The highest BCUT2D eigenvalue weighted by molar-refractivity contribution is 6.07. The summed E-state index contributed by atoms with van der Waals surface area (Å²) < 4.78 is 0. The number of benzene rings is 10. The molecule has 0 amide bonds. The van der Waals surface area contributed by atoms with Gasteiger partial charge in [-0.25, -0.2) is 0 Å². The smallest absolute Gasteiger partial charge is 0.0546 e. The molecule has 0 fully saturated rings. The number of fused-ring (bicyclic) bond motifs is 4. The molecule has 0 radical (unpaired) electrons. The number of rotatable bonds is 8. The Bertz CT molecular complexity index is 3370. The molecule has 10 aromatic rings. The van der Waals surface area contributed by atoms with Gasteiger partial charge < -0.3 is 4.90 Å². The first-order valence-corrected chi connectivity index (χ1v) is 23.2. The highest BCUT2D eigenvalue weighted by atomic mass is 15.1. The maximum Gasteiger partial charge on any atom is 0.0546 e. The standard InChI is InChI=1S/C65H53N/c1-64(2,3)53-36-32-47(33-37-53)46-24-26-48(27-25-46)52-35-40-61(57(42-52)49-18-10-7-11-19-49)66(54-38-39-60-58(43-54)56-22-14-15-23-59(56)65(60,4)5)62-41-34-50-20-12-13-21-55(50)63(62)51-30-28-45(29-31-51)44-16-8-6-9-17-44/h6-43H,1-5H3. The largest absolute Gasteiger partial charge is 0.309 e. The summed E-state index contributed by atoms with van der Waals surface area (Å²) in [4.78, 5) is 2.53. The van der Waals surface area contributed by atoms with Gasteiger partial charge in [0.05, 0.1) is 11.4 Å². The third-order valence-corrected chi connectivity index (χ3v) is 13.9. The van der Waals surface area contributed by atoms with Crippen LogP contribution in [0.25, 0.3) is 77.5 Å². The second-order valence-electron chi connectivity index (χ2n) is 19.4. The molecule has 0 unspecified atom stereocenters. The van der Waals surface area contributed by atoms with Gasteiger partial charge in [0.1, 0.15) is 0 Å². The summed E-state index contributed by atoms with van der Waals surface area (Å²) in [6.45, 7) is 11.5. The lowest BCUT2D eigenvalue weighted by Gasteiger charge is -2.32. The fourth-order valence-electron chi connectivity index (χ4n) is 10.2. The first kappa shape index (κ1) is 41.0. The van der Waals surface area contributed by atoms with Crippen LogP contribution in [0.2, 0.25) is 0 Å². The van der Waals surface area contributed by atoms with Crippen LogP contribution in [0.1, 0.15) is 51.3 Å². The number of hydrogen-bond donors (Lipinski definition) is 0. The number of anilines is 3. The summed E-state index contributed by atoms with van der Waals surface area (Å²) in [6.07, 6.45) is 0. The van der Waals surface area contributed by atoms with Crippen LogP contribution in [-0.2, 0) is 10.8 Å². The van der Waals surface area contributed by atoms with Gasteiger partial charge in [-0.3, -0.25) is 0 Å². The minimum absolute atomic E-state index is 0.105. The molecule has 1 heteroatoms. The van der Waals surface area contributed by atoms with Gasteiger partial charge in [0, 0.05) is 22.2 Å². The Morgan fingerprint density at radius 3 is 1.52 bits per heavy atom. The SMILES string of the molecule is CC(C)(C)c1ccc(-c2ccc(-c3ccc(N(c4ccc5c(c4)-c4ccccc4C5(C)C)c4ccc5ccccc5c4-c4ccc(-c5ccccc5)cc4)c(-c4ccccc4)c3)cc2)cc1. The Morgan fingerprint density at radius 2 is 0.848 bits per heavy atom. The van der Waals surface area contributed by atoms with Gasteiger partial charge in [-0.2, -0.15) is 0 Å². The van der Waals surface area contributed by atoms with E-state index in [0.29, 0.717) is 0 Å². The van der Waals surface area contributed by atoms with Gasteiger partial charge in [-0.15, -0.1) is 0 Å². The lowest BCUT2D eigenvalue weighted by Crippen LogP contribution is -2.16. The fourth-order valence-corrected chi connectivity index (χ4v) is 10.2. The zero-order valence-corrected chi connectivity index (χ0v) is 38.4. The molecule has 1 aliphatic carbocycles. The van der Waals surface area contributed by atoms with Crippen LogP contribution in [0.4, 0.5) is 17.1 Å². The molecule has 11 rings (SSSR count). The van der Waals surface area contributed by atoms with E-state index < -0.39 is 0 Å². The Kier molecular flexibility index (Phi) is 10.2. The van der Waals surface area contributed by atoms with Gasteiger partial charge in [-0.1, -0.05) is 235 Å². The normalized spacial score (nSPS) is 12.7. The van der Waals surface area contributed by atoms with E-state index >= 15 is 0 Å². The Labute approximate surface area is 390 Å². The molecule has 1 aliphatic rings. The van der Waals surface area contributed by atoms with Crippen molar-refractivity contribution in [1.29, 1.82) is 0 Å². The average molecular weight is 848 g/mol. The summed E-state index contributed by atoms with van der Waals surface area (Å²) in [5.41, 5.74) is 21.9. The van der Waals surface area contributed by atoms with E-state index in [4.69, 9.17) is 0 Å². The quantitative estimate of drug-likeness (QED) is 0.147. The lowest BCUT2D eigenvalue weighted by molar-refractivity contribution is 0.590. The predicted molar refractivity (Wildman–Crippen MR) is 282 cm³/mol. The highest BCUT2D eigenvalue weighted by Gasteiger charge is 2.36. The van der Waals surface area contributed by atoms with Crippen molar-refractivity contribution < 1.29 is 0 Å². The maximum atomic E-state index is 2.53. The van der Waals surface area contributed by atoms with E-state index in [9.17, 15) is 0 Å². The van der Waals surface area contributed by atoms with Crippen molar-refractivity contribution in [3.05, 3.63) is 247 Å². The fraction of sp³-hybridized carbons (Fsp3) is 0.108. The van der Waals surface area contributed by atoms with Gasteiger partial charge in [-0.05, 0) is 119 Å². The molecule has 0 saturated heterocycles. The van der Waals surface area contributed by atoms with Gasteiger partial charge in [0.2, 0.25) is 0 Å². The zero-order chi connectivity index (χ0) is 45.0. The van der Waals surface area contributed by atoms with Crippen LogP contribution in [0.3, 0.4) is 0 Å². The van der Waals surface area contributed by atoms with E-state index in [1.54, 1.807) is 0 Å². The molecule has 10 aromatic carbocycles. The van der Waals surface area contributed by atoms with Gasteiger partial charge in [0.15, 0.2) is 0 Å². The summed E-state index contributed by atoms with van der Waals surface area (Å²) in [5, 5.41) is 2.42. The predicted octanol–water partition coefficient (Wildman–Crippen LogP) is 18.2. The number of nitrogens with zero attached hydrogens (tertiary/aromatic N) is 1. The van der Waals surface area contributed by atoms with Crippen LogP contribution < -0.4 is 4.90 Å². The average Bonchev–Trinajstić information content (AvgIpc) is 3.59. The molecule has 0 heterocycles. The third kappa shape index (κ3) is 7.31. The van der Waals surface area contributed by atoms with Crippen molar-refractivity contribution in [2.24, 2.45) is 0 Å². The topological polar surface area (TPSA) is 3.24 Å². The van der Waals surface area contributed by atoms with Gasteiger partial charge >= 0.3 is 0 Å². The molecular formula is C65H53N. The second kappa shape index (κ2) is 16.4. The highest BCUT2D eigenvalue weighted by Crippen LogP contribution is 2.53. The van der Waals surface area contributed by atoms with E-state index in [0.717, 1.165) is 28.2 Å². The molecule has 1 nitrogen and oxygen atoms in total.